The number of aromatic amines is 1. The molecule has 0 spiro atoms. The van der Waals surface area contributed by atoms with Crippen molar-refractivity contribution in [2.24, 2.45) is 7.05 Å². The molecule has 4 rings (SSSR count). The van der Waals surface area contributed by atoms with Crippen LogP contribution in [0.4, 0.5) is 5.82 Å². The second-order valence-electron chi connectivity index (χ2n) is 11.4. The van der Waals surface area contributed by atoms with Gasteiger partial charge in [0.25, 0.3) is 5.91 Å². The van der Waals surface area contributed by atoms with Crippen LogP contribution < -0.4 is 14.8 Å². The van der Waals surface area contributed by atoms with Crippen molar-refractivity contribution >= 4 is 30.9 Å². The normalized spacial score (nSPS) is 12.9. The van der Waals surface area contributed by atoms with Crippen molar-refractivity contribution in [3.05, 3.63) is 66.5 Å². The lowest BCUT2D eigenvalue weighted by Crippen LogP contribution is -2.49. The molecule has 0 fully saturated rings. The van der Waals surface area contributed by atoms with E-state index in [2.05, 4.69) is 56.9 Å². The average Bonchev–Trinajstić information content (AvgIpc) is 3.51. The topological polar surface area (TPSA) is 90.4 Å². The number of aryl methyl sites for hydroxylation is 1. The number of fused-ring (bicyclic) bond motifs is 1. The summed E-state index contributed by atoms with van der Waals surface area (Å²) in [6.45, 7) is 16.1. The second kappa shape index (κ2) is 12.3. The molecule has 0 radical (unpaired) electrons. The Bertz CT molecular complexity index is 1420. The predicted octanol–water partition coefficient (Wildman–Crippen LogP) is 7.91. The van der Waals surface area contributed by atoms with Gasteiger partial charge in [-0.05, 0) is 59.9 Å². The zero-order valence-corrected chi connectivity index (χ0v) is 25.8. The number of nitrogens with one attached hydrogen (secondary N) is 2. The third-order valence-corrected chi connectivity index (χ3v) is 13.6. The summed E-state index contributed by atoms with van der Waals surface area (Å²) < 4.78 is 20.9. The van der Waals surface area contributed by atoms with Crippen LogP contribution in [0.1, 0.15) is 58.8 Å². The third-order valence-electron chi connectivity index (χ3n) is 7.47. The van der Waals surface area contributed by atoms with Crippen molar-refractivity contribution in [1.82, 2.24) is 14.8 Å². The molecule has 0 aliphatic heterocycles. The molecule has 2 aromatic heterocycles. The van der Waals surface area contributed by atoms with Gasteiger partial charge in [-0.3, -0.25) is 9.48 Å². The highest BCUT2D eigenvalue weighted by atomic mass is 28.4. The molecule has 2 aromatic carbocycles. The van der Waals surface area contributed by atoms with Crippen molar-refractivity contribution in [3.63, 3.8) is 0 Å². The fourth-order valence-electron chi connectivity index (χ4n) is 5.76. The summed E-state index contributed by atoms with van der Waals surface area (Å²) in [5.74, 6) is 1.87. The highest BCUT2D eigenvalue weighted by Gasteiger charge is 2.45. The molecule has 1 atom stereocenters. The number of carbonyl (C=O) groups is 1. The lowest BCUT2D eigenvalue weighted by Gasteiger charge is -2.42. The smallest absolute Gasteiger partial charge is 0.257 e. The van der Waals surface area contributed by atoms with E-state index < -0.39 is 8.32 Å². The van der Waals surface area contributed by atoms with Crippen LogP contribution in [-0.2, 0) is 11.5 Å². The molecule has 1 amide bonds. The summed E-state index contributed by atoms with van der Waals surface area (Å²) in [4.78, 5) is 16.4. The molecule has 0 bridgehead atoms. The number of aromatic nitrogens is 3. The van der Waals surface area contributed by atoms with E-state index in [4.69, 9.17) is 13.9 Å². The maximum Gasteiger partial charge on any atom is 0.257 e. The summed E-state index contributed by atoms with van der Waals surface area (Å²) in [6, 6.07) is 14.8. The summed E-state index contributed by atoms with van der Waals surface area (Å²) in [5, 5.41) is 8.14. The van der Waals surface area contributed by atoms with E-state index in [1.165, 1.54) is 0 Å². The van der Waals surface area contributed by atoms with Gasteiger partial charge in [0.15, 0.2) is 5.82 Å². The predicted molar refractivity (Wildman–Crippen MR) is 163 cm³/mol. The zero-order chi connectivity index (χ0) is 29.0. The van der Waals surface area contributed by atoms with Gasteiger partial charge in [0, 0.05) is 48.0 Å². The Labute approximate surface area is 238 Å². The molecule has 2 N–H and O–H groups in total. The molecule has 9 heteroatoms. The van der Waals surface area contributed by atoms with E-state index in [1.807, 2.05) is 43.5 Å². The Balaban J connectivity index is 1.57. The van der Waals surface area contributed by atoms with E-state index in [-0.39, 0.29) is 12.0 Å². The third kappa shape index (κ3) is 6.59. The van der Waals surface area contributed by atoms with Gasteiger partial charge in [-0.15, -0.1) is 0 Å². The zero-order valence-electron chi connectivity index (χ0n) is 24.8. The first-order chi connectivity index (χ1) is 19.0. The minimum Gasteiger partial charge on any atom is -0.488 e. The largest absolute Gasteiger partial charge is 0.488 e. The Morgan fingerprint density at radius 2 is 1.62 bits per heavy atom. The van der Waals surface area contributed by atoms with Crippen LogP contribution in [0.2, 0.25) is 16.6 Å². The van der Waals surface area contributed by atoms with E-state index in [0.29, 0.717) is 51.9 Å². The molecule has 40 heavy (non-hydrogen) atoms. The van der Waals surface area contributed by atoms with Gasteiger partial charge in [0.2, 0.25) is 8.32 Å². The minimum absolute atomic E-state index is 0.221. The first kappa shape index (κ1) is 29.4. The fourth-order valence-corrected chi connectivity index (χ4v) is 11.3. The van der Waals surface area contributed by atoms with Gasteiger partial charge in [0.05, 0.1) is 6.61 Å². The SMILES string of the molecule is CC(C)[Si](OC[C@H](C)Oc1cc(Oc2ccc3[nH]ccc3c2)cc(C(=O)Nc2ccn(C)n2)c1)(C(C)C)C(C)C. The standard InChI is InChI=1S/C31H42N4O4Si/c1-20(2)40(21(3)4,22(5)6)37-19-23(7)38-27-16-25(31(36)33-30-12-14-35(8)34-30)17-28(18-27)39-26-9-10-29-24(15-26)11-13-32-29/h9-18,20-23,32H,19H2,1-8H3,(H,33,34,36)/t23-/m0/s1. The van der Waals surface area contributed by atoms with Crippen molar-refractivity contribution in [2.75, 3.05) is 11.9 Å². The van der Waals surface area contributed by atoms with Crippen molar-refractivity contribution in [3.8, 4) is 17.2 Å². The molecule has 0 saturated heterocycles. The number of hydrogen-bond donors (Lipinski definition) is 2. The Morgan fingerprint density at radius 1 is 0.925 bits per heavy atom. The number of nitrogens with zero attached hydrogens (tertiary/aromatic N) is 2. The van der Waals surface area contributed by atoms with E-state index in [1.54, 1.807) is 36.1 Å². The van der Waals surface area contributed by atoms with Gasteiger partial charge in [0.1, 0.15) is 23.4 Å². The lowest BCUT2D eigenvalue weighted by atomic mass is 10.1. The van der Waals surface area contributed by atoms with Crippen LogP contribution in [0.3, 0.4) is 0 Å². The van der Waals surface area contributed by atoms with Crippen LogP contribution >= 0.6 is 0 Å². The van der Waals surface area contributed by atoms with Crippen molar-refractivity contribution in [2.45, 2.75) is 71.2 Å². The first-order valence-corrected chi connectivity index (χ1v) is 16.1. The molecule has 214 valence electrons. The van der Waals surface area contributed by atoms with E-state index in [0.717, 1.165) is 10.9 Å². The Morgan fingerprint density at radius 3 is 2.27 bits per heavy atom. The van der Waals surface area contributed by atoms with Crippen molar-refractivity contribution < 1.29 is 18.7 Å². The Kier molecular flexibility index (Phi) is 9.05. The van der Waals surface area contributed by atoms with Crippen molar-refractivity contribution in [1.29, 1.82) is 0 Å². The number of benzene rings is 2. The van der Waals surface area contributed by atoms with E-state index in [9.17, 15) is 4.79 Å². The number of carbonyl (C=O) groups excluding carboxylic acids is 1. The molecule has 0 aliphatic rings. The van der Waals surface area contributed by atoms with Crippen LogP contribution in [0.15, 0.2) is 60.9 Å². The lowest BCUT2D eigenvalue weighted by molar-refractivity contribution is 0.102. The number of anilines is 1. The monoisotopic (exact) mass is 562 g/mol. The minimum atomic E-state index is -2.04. The number of ether oxygens (including phenoxy) is 2. The molecular formula is C31H42N4O4Si. The number of hydrogen-bond acceptors (Lipinski definition) is 5. The molecule has 4 aromatic rings. The molecule has 0 aliphatic carbocycles. The molecule has 0 unspecified atom stereocenters. The highest BCUT2D eigenvalue weighted by Crippen LogP contribution is 2.42. The summed E-state index contributed by atoms with van der Waals surface area (Å²) in [5.41, 5.74) is 2.88. The molecular weight excluding hydrogens is 520 g/mol. The number of amides is 1. The van der Waals surface area contributed by atoms with Crippen LogP contribution in [0.5, 0.6) is 17.2 Å². The molecule has 2 heterocycles. The first-order valence-electron chi connectivity index (χ1n) is 14.0. The summed E-state index contributed by atoms with van der Waals surface area (Å²) >= 11 is 0. The maximum atomic E-state index is 13.2. The van der Waals surface area contributed by atoms with Gasteiger partial charge in [-0.2, -0.15) is 5.10 Å². The van der Waals surface area contributed by atoms with Gasteiger partial charge < -0.3 is 24.2 Å². The van der Waals surface area contributed by atoms with Gasteiger partial charge in [-0.1, -0.05) is 41.5 Å². The second-order valence-corrected chi connectivity index (χ2v) is 16.9. The fraction of sp³-hybridized carbons (Fsp3) is 0.419. The number of H-pyrrole nitrogens is 1. The maximum absolute atomic E-state index is 13.2. The van der Waals surface area contributed by atoms with E-state index >= 15 is 0 Å². The molecule has 8 nitrogen and oxygen atoms in total. The van der Waals surface area contributed by atoms with Crippen LogP contribution in [0, 0.1) is 0 Å². The quantitative estimate of drug-likeness (QED) is 0.171. The van der Waals surface area contributed by atoms with Crippen LogP contribution in [0.25, 0.3) is 10.9 Å². The van der Waals surface area contributed by atoms with Gasteiger partial charge in [-0.25, -0.2) is 0 Å². The summed E-state index contributed by atoms with van der Waals surface area (Å²) in [6.07, 6.45) is 3.44. The molecule has 0 saturated carbocycles. The van der Waals surface area contributed by atoms with Gasteiger partial charge >= 0.3 is 0 Å². The Hall–Kier alpha value is -3.56. The number of rotatable bonds is 12. The summed E-state index contributed by atoms with van der Waals surface area (Å²) in [7, 11) is -0.235. The average molecular weight is 563 g/mol. The highest BCUT2D eigenvalue weighted by molar-refractivity contribution is 6.77. The van der Waals surface area contributed by atoms with Crippen LogP contribution in [-0.4, -0.2) is 41.7 Å².